The third kappa shape index (κ3) is 11.3. The van der Waals surface area contributed by atoms with Crippen LogP contribution in [0.5, 0.6) is 0 Å². The molecule has 0 radical (unpaired) electrons. The van der Waals surface area contributed by atoms with Gasteiger partial charge in [0.25, 0.3) is 23.5 Å². The molecule has 4 aromatic carbocycles. The predicted octanol–water partition coefficient (Wildman–Crippen LogP) is 4.84. The quantitative estimate of drug-likeness (QED) is 0.0759. The number of anilines is 2. The summed E-state index contributed by atoms with van der Waals surface area (Å²) in [6, 6.07) is 33.5. The van der Waals surface area contributed by atoms with Crippen LogP contribution in [-0.2, 0) is 41.6 Å². The standard InChI is InChI=1S/C41H45N9O8/c1-27(25-29-15-7-3-8-16-29)49-37(35(57-47-49)45-40(53)43-31-19-11-5-12-20-31)55-34(51)24-23-33(42)39(52)56-38-36(46-41(54)44-32-21-13-6-14-22-32)58-48-50(38)28(2)26-30-17-9-4-10-18-30/h3-22,27-28,33,47-48H,23-26,42H2,1-2H3,(H2,43,45,53)(H2,44,46,54)/t27?,28?,33-/m0/s1. The fourth-order valence-electron chi connectivity index (χ4n) is 5.90. The lowest BCUT2D eigenvalue weighted by atomic mass is 10.1. The molecule has 8 N–H and O–H groups in total. The van der Waals surface area contributed by atoms with Gasteiger partial charge in [0, 0.05) is 17.8 Å². The molecule has 4 aromatic rings. The lowest BCUT2D eigenvalue weighted by Crippen LogP contribution is -2.43. The van der Waals surface area contributed by atoms with Gasteiger partial charge in [0.1, 0.15) is 6.04 Å². The van der Waals surface area contributed by atoms with Gasteiger partial charge in [-0.3, -0.25) is 15.4 Å². The number of hydrazine groups is 2. The highest BCUT2D eigenvalue weighted by Crippen LogP contribution is 2.24. The van der Waals surface area contributed by atoms with Gasteiger partial charge in [-0.25, -0.2) is 24.4 Å². The number of benzene rings is 4. The number of ether oxygens (including phenoxy) is 2. The maximum absolute atomic E-state index is 13.5. The number of nitrogens with one attached hydrogen (secondary N) is 6. The Hall–Kier alpha value is -7.08. The molecule has 0 saturated heterocycles. The van der Waals surface area contributed by atoms with E-state index in [0.717, 1.165) is 11.1 Å². The monoisotopic (exact) mass is 791 g/mol. The second kappa shape index (κ2) is 19.7. The maximum Gasteiger partial charge on any atom is 0.329 e. The third-order valence-electron chi connectivity index (χ3n) is 8.84. The van der Waals surface area contributed by atoms with Gasteiger partial charge in [0.05, 0.1) is 12.1 Å². The molecule has 0 fully saturated rings. The first kappa shape index (κ1) is 40.6. The predicted molar refractivity (Wildman–Crippen MR) is 212 cm³/mol. The number of hydrogen-bond acceptors (Lipinski definition) is 13. The van der Waals surface area contributed by atoms with E-state index in [1.807, 2.05) is 86.6 Å². The van der Waals surface area contributed by atoms with Crippen molar-refractivity contribution in [1.29, 1.82) is 0 Å². The van der Waals surface area contributed by atoms with Crippen molar-refractivity contribution in [2.75, 3.05) is 10.6 Å². The molecule has 0 aromatic heterocycles. The maximum atomic E-state index is 13.5. The van der Waals surface area contributed by atoms with Crippen LogP contribution in [0.25, 0.3) is 0 Å². The van der Waals surface area contributed by atoms with Gasteiger partial charge >= 0.3 is 24.0 Å². The Balaban J connectivity index is 1.12. The first-order chi connectivity index (χ1) is 28.1. The SMILES string of the molecule is CC(Cc1ccccc1)N1NOC(NC(=O)Nc2ccccc2)=C1OC(=O)CC[C@H](N)C(=O)OC1=C(NC(=O)Nc2ccccc2)ONN1C(C)Cc1ccccc1. The molecular formula is C41H45N9O8. The van der Waals surface area contributed by atoms with Gasteiger partial charge < -0.3 is 35.5 Å². The second-order valence-corrected chi connectivity index (χ2v) is 13.4. The van der Waals surface area contributed by atoms with E-state index in [-0.39, 0.29) is 48.5 Å². The van der Waals surface area contributed by atoms with E-state index in [1.54, 1.807) is 48.5 Å². The third-order valence-corrected chi connectivity index (χ3v) is 8.84. The van der Waals surface area contributed by atoms with Crippen molar-refractivity contribution in [3.05, 3.63) is 156 Å². The number of para-hydroxylation sites is 2. The molecule has 2 unspecified atom stereocenters. The van der Waals surface area contributed by atoms with Crippen LogP contribution >= 0.6 is 0 Å². The van der Waals surface area contributed by atoms with Crippen molar-refractivity contribution in [3.63, 3.8) is 0 Å². The smallest absolute Gasteiger partial charge is 0.329 e. The van der Waals surface area contributed by atoms with E-state index in [9.17, 15) is 19.2 Å². The highest BCUT2D eigenvalue weighted by Gasteiger charge is 2.36. The minimum Gasteiger partial charge on any atom is -0.402 e. The molecule has 2 aliphatic heterocycles. The van der Waals surface area contributed by atoms with Crippen LogP contribution in [0.4, 0.5) is 21.0 Å². The number of amides is 4. The van der Waals surface area contributed by atoms with Crippen LogP contribution in [0.1, 0.15) is 37.8 Å². The van der Waals surface area contributed by atoms with Crippen molar-refractivity contribution in [3.8, 4) is 0 Å². The second-order valence-electron chi connectivity index (χ2n) is 13.4. The van der Waals surface area contributed by atoms with E-state index in [1.165, 1.54) is 10.0 Å². The molecule has 58 heavy (non-hydrogen) atoms. The van der Waals surface area contributed by atoms with E-state index < -0.39 is 30.0 Å². The minimum atomic E-state index is -1.30. The van der Waals surface area contributed by atoms with Crippen LogP contribution < -0.4 is 38.2 Å². The summed E-state index contributed by atoms with van der Waals surface area (Å²) in [6.07, 6.45) is 0.531. The van der Waals surface area contributed by atoms with Crippen molar-refractivity contribution < 1.29 is 38.3 Å². The van der Waals surface area contributed by atoms with Crippen molar-refractivity contribution in [2.45, 2.75) is 57.7 Å². The molecule has 0 spiro atoms. The number of carbonyl (C=O) groups excluding carboxylic acids is 4. The number of urea groups is 2. The molecule has 3 atom stereocenters. The van der Waals surface area contributed by atoms with Crippen molar-refractivity contribution in [2.24, 2.45) is 5.73 Å². The molecular weight excluding hydrogens is 747 g/mol. The summed E-state index contributed by atoms with van der Waals surface area (Å²) in [5, 5.41) is 13.5. The summed E-state index contributed by atoms with van der Waals surface area (Å²) in [5.41, 5.74) is 14.7. The topological polar surface area (TPSA) is 210 Å². The van der Waals surface area contributed by atoms with Crippen LogP contribution in [-0.4, -0.2) is 52.1 Å². The largest absolute Gasteiger partial charge is 0.402 e. The van der Waals surface area contributed by atoms with Crippen LogP contribution in [0.15, 0.2) is 145 Å². The Morgan fingerprint density at radius 3 is 1.43 bits per heavy atom. The fraction of sp³-hybridized carbons (Fsp3) is 0.220. The summed E-state index contributed by atoms with van der Waals surface area (Å²) < 4.78 is 11.5. The Morgan fingerprint density at radius 2 is 1.00 bits per heavy atom. The summed E-state index contributed by atoms with van der Waals surface area (Å²) in [6.45, 7) is 3.75. The first-order valence-corrected chi connectivity index (χ1v) is 18.6. The van der Waals surface area contributed by atoms with Gasteiger partial charge in [0.2, 0.25) is 0 Å². The van der Waals surface area contributed by atoms with Crippen LogP contribution in [0.3, 0.4) is 0 Å². The zero-order chi connectivity index (χ0) is 40.9. The number of nitrogens with zero attached hydrogens (tertiary/aromatic N) is 2. The molecule has 302 valence electrons. The van der Waals surface area contributed by atoms with Gasteiger partial charge in [-0.05, 0) is 68.5 Å². The van der Waals surface area contributed by atoms with Gasteiger partial charge in [-0.2, -0.15) is 0 Å². The molecule has 2 aliphatic rings. The number of esters is 2. The number of carbonyl (C=O) groups is 4. The Labute approximate surface area is 335 Å². The number of nitrogens with two attached hydrogens (primary N) is 1. The highest BCUT2D eigenvalue weighted by atomic mass is 16.7. The number of hydrogen-bond donors (Lipinski definition) is 7. The summed E-state index contributed by atoms with van der Waals surface area (Å²) in [4.78, 5) is 63.7. The van der Waals surface area contributed by atoms with E-state index in [0.29, 0.717) is 24.2 Å². The zero-order valence-electron chi connectivity index (χ0n) is 31.8. The number of rotatable bonds is 16. The average molecular weight is 792 g/mol. The van der Waals surface area contributed by atoms with Crippen LogP contribution in [0, 0.1) is 0 Å². The fourth-order valence-corrected chi connectivity index (χ4v) is 5.90. The molecule has 2 heterocycles. The van der Waals surface area contributed by atoms with Gasteiger partial charge in [-0.1, -0.05) is 108 Å². The first-order valence-electron chi connectivity index (χ1n) is 18.6. The molecule has 6 rings (SSSR count). The van der Waals surface area contributed by atoms with Gasteiger partial charge in [0.15, 0.2) is 0 Å². The lowest BCUT2D eigenvalue weighted by molar-refractivity contribution is -0.146. The molecule has 17 nitrogen and oxygen atoms in total. The minimum absolute atomic E-state index is 0.0975. The van der Waals surface area contributed by atoms with E-state index in [4.69, 9.17) is 24.9 Å². The Morgan fingerprint density at radius 1 is 0.603 bits per heavy atom. The van der Waals surface area contributed by atoms with E-state index in [2.05, 4.69) is 32.4 Å². The molecule has 4 amide bonds. The van der Waals surface area contributed by atoms with Crippen molar-refractivity contribution in [1.82, 2.24) is 31.8 Å². The lowest BCUT2D eigenvalue weighted by Gasteiger charge is -2.26. The Bertz CT molecular complexity index is 2090. The highest BCUT2D eigenvalue weighted by molar-refractivity contribution is 5.91. The molecule has 0 saturated carbocycles. The summed E-state index contributed by atoms with van der Waals surface area (Å²) in [7, 11) is 0. The normalized spacial score (nSPS) is 15.1. The average Bonchev–Trinajstić information content (AvgIpc) is 3.81. The molecule has 0 aliphatic carbocycles. The van der Waals surface area contributed by atoms with Crippen molar-refractivity contribution >= 4 is 35.4 Å². The Kier molecular flexibility index (Phi) is 13.8. The summed E-state index contributed by atoms with van der Waals surface area (Å²) in [5.74, 6) is -2.25. The molecule has 0 bridgehead atoms. The summed E-state index contributed by atoms with van der Waals surface area (Å²) >= 11 is 0. The molecule has 17 heteroatoms. The zero-order valence-corrected chi connectivity index (χ0v) is 31.8. The van der Waals surface area contributed by atoms with E-state index >= 15 is 0 Å². The van der Waals surface area contributed by atoms with Crippen LogP contribution in [0.2, 0.25) is 0 Å². The van der Waals surface area contributed by atoms with Gasteiger partial charge in [-0.15, -0.1) is 0 Å².